The Morgan fingerprint density at radius 2 is 1.69 bits per heavy atom. The Labute approximate surface area is 180 Å². The fraction of sp³-hybridized carbons (Fsp3) is 0.579. The summed E-state index contributed by atoms with van der Waals surface area (Å²) in [6, 6.07) is 2.94. The maximum atomic E-state index is 12.4. The highest BCUT2D eigenvalue weighted by Crippen LogP contribution is 2.28. The summed E-state index contributed by atoms with van der Waals surface area (Å²) in [4.78, 5) is 21.4. The molecule has 0 aliphatic carbocycles. The van der Waals surface area contributed by atoms with Gasteiger partial charge in [-0.2, -0.15) is 26.3 Å². The van der Waals surface area contributed by atoms with Crippen molar-refractivity contribution >= 4 is 11.9 Å². The molecule has 7 nitrogen and oxygen atoms in total. The predicted octanol–water partition coefficient (Wildman–Crippen LogP) is 3.53. The van der Waals surface area contributed by atoms with E-state index >= 15 is 0 Å². The molecule has 3 N–H and O–H groups in total. The zero-order valence-corrected chi connectivity index (χ0v) is 17.1. The second-order valence-corrected chi connectivity index (χ2v) is 6.84. The fourth-order valence-electron chi connectivity index (χ4n) is 2.64. The lowest BCUT2D eigenvalue weighted by Gasteiger charge is -2.24. The Morgan fingerprint density at radius 3 is 2.22 bits per heavy atom. The molecule has 1 aliphatic rings. The maximum absolute atomic E-state index is 12.4. The first-order chi connectivity index (χ1) is 14.8. The van der Waals surface area contributed by atoms with Crippen molar-refractivity contribution in [3.8, 4) is 11.5 Å². The van der Waals surface area contributed by atoms with Crippen molar-refractivity contribution in [2.75, 3.05) is 26.3 Å². The third-order valence-electron chi connectivity index (χ3n) is 3.91. The van der Waals surface area contributed by atoms with Crippen molar-refractivity contribution in [1.82, 2.24) is 10.6 Å². The second kappa shape index (κ2) is 12.4. The largest absolute Gasteiger partial charge is 0.484 e. The van der Waals surface area contributed by atoms with Gasteiger partial charge >= 0.3 is 12.4 Å². The monoisotopic (exact) mass is 474 g/mol. The Morgan fingerprint density at radius 1 is 1.09 bits per heavy atom. The first-order valence-corrected chi connectivity index (χ1v) is 9.51. The van der Waals surface area contributed by atoms with E-state index in [4.69, 9.17) is 9.90 Å². The van der Waals surface area contributed by atoms with Crippen molar-refractivity contribution < 1.29 is 50.5 Å². The lowest BCUT2D eigenvalue weighted by molar-refractivity contribution is -0.154. The van der Waals surface area contributed by atoms with E-state index in [0.29, 0.717) is 0 Å². The zero-order valence-electron chi connectivity index (χ0n) is 17.1. The number of amides is 1. The van der Waals surface area contributed by atoms with Crippen molar-refractivity contribution in [3.63, 3.8) is 0 Å². The van der Waals surface area contributed by atoms with Crippen molar-refractivity contribution in [1.29, 1.82) is 0 Å². The quantitative estimate of drug-likeness (QED) is 0.524. The average Bonchev–Trinajstić information content (AvgIpc) is 2.68. The number of nitrogens with one attached hydrogen (secondary N) is 2. The van der Waals surface area contributed by atoms with Crippen LogP contribution in [-0.2, 0) is 4.79 Å². The average molecular weight is 474 g/mol. The molecule has 13 heteroatoms. The van der Waals surface area contributed by atoms with Crippen LogP contribution >= 0.6 is 0 Å². The summed E-state index contributed by atoms with van der Waals surface area (Å²) in [7, 11) is 0. The number of carbonyl (C=O) groups excluding carboxylic acids is 1. The SMILES string of the molecule is CC(=O)O.O=C(NCC1CCCCN1)c1cc(OCC(F)(F)F)ccc1OCC(F)(F)F. The highest BCUT2D eigenvalue weighted by atomic mass is 19.4. The van der Waals surface area contributed by atoms with Crippen molar-refractivity contribution in [3.05, 3.63) is 23.8 Å². The van der Waals surface area contributed by atoms with E-state index in [1.807, 2.05) is 0 Å². The Bertz CT molecular complexity index is 745. The molecular formula is C19H24F6N2O5. The Kier molecular flexibility index (Phi) is 10.6. The molecule has 182 valence electrons. The van der Waals surface area contributed by atoms with Crippen LogP contribution in [0.4, 0.5) is 26.3 Å². The van der Waals surface area contributed by atoms with Crippen LogP contribution in [0.15, 0.2) is 18.2 Å². The Hall–Kier alpha value is -2.70. The summed E-state index contributed by atoms with van der Waals surface area (Å²) in [6.07, 6.45) is -6.41. The van der Waals surface area contributed by atoms with Gasteiger partial charge in [-0.1, -0.05) is 6.42 Å². The van der Waals surface area contributed by atoms with Gasteiger partial charge in [0.05, 0.1) is 5.56 Å². The number of hydrogen-bond acceptors (Lipinski definition) is 5. The van der Waals surface area contributed by atoms with Crippen molar-refractivity contribution in [2.24, 2.45) is 0 Å². The topological polar surface area (TPSA) is 96.9 Å². The molecule has 1 aromatic carbocycles. The van der Waals surface area contributed by atoms with E-state index in [1.165, 1.54) is 0 Å². The minimum Gasteiger partial charge on any atom is -0.484 e. The number of aliphatic carboxylic acids is 1. The molecule has 0 radical (unpaired) electrons. The molecule has 0 spiro atoms. The number of carboxylic acids is 1. The van der Waals surface area contributed by atoms with Gasteiger partial charge in [0.25, 0.3) is 11.9 Å². The number of piperidine rings is 1. The highest BCUT2D eigenvalue weighted by molar-refractivity contribution is 5.97. The van der Waals surface area contributed by atoms with Gasteiger partial charge in [0.2, 0.25) is 0 Å². The molecule has 32 heavy (non-hydrogen) atoms. The van der Waals surface area contributed by atoms with Gasteiger partial charge in [-0.15, -0.1) is 0 Å². The van der Waals surface area contributed by atoms with Gasteiger partial charge < -0.3 is 25.2 Å². The molecule has 0 aromatic heterocycles. The number of carbonyl (C=O) groups is 2. The molecule has 1 fully saturated rings. The van der Waals surface area contributed by atoms with E-state index in [9.17, 15) is 31.1 Å². The summed E-state index contributed by atoms with van der Waals surface area (Å²) in [5, 5.41) is 13.2. The van der Waals surface area contributed by atoms with Crippen molar-refractivity contribution in [2.45, 2.75) is 44.6 Å². The summed E-state index contributed by atoms with van der Waals surface area (Å²) in [5.41, 5.74) is -0.334. The standard InChI is InChI=1S/C17H20F6N2O3.C2H4O2/c18-16(19,20)9-27-12-4-5-14(28-10-17(21,22)23)13(7-12)15(26)25-8-11-3-1-2-6-24-11;1-2(3)4/h4-5,7,11,24H,1-3,6,8-10H2,(H,25,26);1H3,(H,3,4). The van der Waals surface area contributed by atoms with Gasteiger partial charge in [0.15, 0.2) is 13.2 Å². The summed E-state index contributed by atoms with van der Waals surface area (Å²) < 4.78 is 83.3. The molecule has 1 amide bonds. The van der Waals surface area contributed by atoms with E-state index in [1.54, 1.807) is 0 Å². The molecule has 1 saturated heterocycles. The van der Waals surface area contributed by atoms with Crippen LogP contribution in [0, 0.1) is 0 Å². The van der Waals surface area contributed by atoms with Crippen LogP contribution in [0.25, 0.3) is 0 Å². The minimum atomic E-state index is -4.63. The summed E-state index contributed by atoms with van der Waals surface area (Å²) in [5.74, 6) is -2.30. The van der Waals surface area contributed by atoms with Gasteiger partial charge in [-0.25, -0.2) is 0 Å². The van der Waals surface area contributed by atoms with Crippen LogP contribution in [-0.4, -0.2) is 61.7 Å². The van der Waals surface area contributed by atoms with Crippen LogP contribution < -0.4 is 20.1 Å². The number of carboxylic acid groups (broad SMARTS) is 1. The normalized spacial score (nSPS) is 16.4. The zero-order chi connectivity index (χ0) is 24.4. The first kappa shape index (κ1) is 27.3. The maximum Gasteiger partial charge on any atom is 0.422 e. The smallest absolute Gasteiger partial charge is 0.422 e. The van der Waals surface area contributed by atoms with Gasteiger partial charge in [-0.05, 0) is 37.6 Å². The minimum absolute atomic E-state index is 0.0157. The van der Waals surface area contributed by atoms with E-state index in [0.717, 1.165) is 50.9 Å². The van der Waals surface area contributed by atoms with Crippen LogP contribution in [0.1, 0.15) is 36.5 Å². The third-order valence-corrected chi connectivity index (χ3v) is 3.91. The molecule has 1 aliphatic heterocycles. The molecule has 1 aromatic rings. The molecule has 1 atom stereocenters. The van der Waals surface area contributed by atoms with Gasteiger partial charge in [-0.3, -0.25) is 9.59 Å². The number of rotatable bonds is 7. The Balaban J connectivity index is 0.00000118. The molecule has 0 bridgehead atoms. The number of alkyl halides is 6. The fourth-order valence-corrected chi connectivity index (χ4v) is 2.64. The molecular weight excluding hydrogens is 450 g/mol. The van der Waals surface area contributed by atoms with Crippen LogP contribution in [0.2, 0.25) is 0 Å². The summed E-state index contributed by atoms with van der Waals surface area (Å²) >= 11 is 0. The number of benzene rings is 1. The number of ether oxygens (including phenoxy) is 2. The van der Waals surface area contributed by atoms with E-state index in [-0.39, 0.29) is 23.9 Å². The lowest BCUT2D eigenvalue weighted by atomic mass is 10.0. The van der Waals surface area contributed by atoms with Gasteiger partial charge in [0.1, 0.15) is 11.5 Å². The van der Waals surface area contributed by atoms with Crippen LogP contribution in [0.3, 0.4) is 0 Å². The molecule has 1 heterocycles. The summed E-state index contributed by atoms with van der Waals surface area (Å²) in [6.45, 7) is -1.13. The number of hydrogen-bond donors (Lipinski definition) is 3. The third kappa shape index (κ3) is 12.2. The van der Waals surface area contributed by atoms with E-state index < -0.39 is 43.2 Å². The second-order valence-electron chi connectivity index (χ2n) is 6.84. The highest BCUT2D eigenvalue weighted by Gasteiger charge is 2.30. The molecule has 2 rings (SSSR count). The van der Waals surface area contributed by atoms with E-state index in [2.05, 4.69) is 20.1 Å². The number of halogens is 6. The predicted molar refractivity (Wildman–Crippen MR) is 101 cm³/mol. The van der Waals surface area contributed by atoms with Crippen LogP contribution in [0.5, 0.6) is 11.5 Å². The first-order valence-electron chi connectivity index (χ1n) is 9.51. The molecule has 1 unspecified atom stereocenters. The van der Waals surface area contributed by atoms with Gasteiger partial charge in [0, 0.05) is 19.5 Å². The lowest BCUT2D eigenvalue weighted by Crippen LogP contribution is -2.43. The molecule has 0 saturated carbocycles.